The number of phosphoric acid groups is 1. The summed E-state index contributed by atoms with van der Waals surface area (Å²) >= 11 is 0. The second kappa shape index (κ2) is 40.9. The van der Waals surface area contributed by atoms with Crippen LogP contribution in [0.25, 0.3) is 0 Å². The Hall–Kier alpha value is -2.89. The van der Waals surface area contributed by atoms with Gasteiger partial charge in [0, 0.05) is 12.8 Å². The Labute approximate surface area is 350 Å². The molecule has 0 aliphatic heterocycles. The Bertz CT molecular complexity index is 1250. The molecule has 0 saturated carbocycles. The summed E-state index contributed by atoms with van der Waals surface area (Å²) in [5, 5.41) is 28.4. The molecule has 0 spiro atoms. The zero-order chi connectivity index (χ0) is 42.8. The third kappa shape index (κ3) is 39.9. The van der Waals surface area contributed by atoms with Gasteiger partial charge >= 0.3 is 19.8 Å². The van der Waals surface area contributed by atoms with Crippen molar-refractivity contribution in [3.05, 3.63) is 85.1 Å². The van der Waals surface area contributed by atoms with Gasteiger partial charge in [-0.25, -0.2) is 4.57 Å². The van der Waals surface area contributed by atoms with Crippen molar-refractivity contribution >= 4 is 19.8 Å². The van der Waals surface area contributed by atoms with Crippen LogP contribution >= 0.6 is 7.82 Å². The van der Waals surface area contributed by atoms with Crippen LogP contribution in [-0.4, -0.2) is 76.9 Å². The summed E-state index contributed by atoms with van der Waals surface area (Å²) in [6.07, 6.45) is 44.4. The summed E-state index contributed by atoms with van der Waals surface area (Å²) in [4.78, 5) is 34.9. The number of carbonyl (C=O) groups is 2. The largest absolute Gasteiger partial charge is 0.472 e. The summed E-state index contributed by atoms with van der Waals surface area (Å²) in [5.41, 5.74) is 0. The van der Waals surface area contributed by atoms with Crippen molar-refractivity contribution < 1.29 is 52.9 Å². The smallest absolute Gasteiger partial charge is 0.462 e. The molecule has 0 aromatic carbocycles. The fourth-order valence-electron chi connectivity index (χ4n) is 5.20. The van der Waals surface area contributed by atoms with Crippen LogP contribution in [0.3, 0.4) is 0 Å². The summed E-state index contributed by atoms with van der Waals surface area (Å²) in [6.45, 7) is 2.11. The molecule has 0 saturated heterocycles. The van der Waals surface area contributed by atoms with Gasteiger partial charge in [0.15, 0.2) is 6.10 Å². The highest BCUT2D eigenvalue weighted by Crippen LogP contribution is 2.43. The molecule has 0 rings (SSSR count). The van der Waals surface area contributed by atoms with E-state index in [1.807, 2.05) is 42.5 Å². The molecular weight excluding hydrogens is 759 g/mol. The lowest BCUT2D eigenvalue weighted by molar-refractivity contribution is -0.161. The summed E-state index contributed by atoms with van der Waals surface area (Å²) in [5.74, 6) is -1.10. The highest BCUT2D eigenvalue weighted by molar-refractivity contribution is 7.47. The maximum absolute atomic E-state index is 12.6. The number of aliphatic hydroxyl groups is 3. The number of unbranched alkanes of at least 4 members (excludes halogenated alkanes) is 11. The lowest BCUT2D eigenvalue weighted by Gasteiger charge is -2.20. The first kappa shape index (κ1) is 55.1. The van der Waals surface area contributed by atoms with Gasteiger partial charge in [-0.1, -0.05) is 144 Å². The Morgan fingerprint density at radius 1 is 0.586 bits per heavy atom. The van der Waals surface area contributed by atoms with Crippen LogP contribution in [0.2, 0.25) is 0 Å². The van der Waals surface area contributed by atoms with Gasteiger partial charge in [-0.05, 0) is 77.0 Å². The van der Waals surface area contributed by atoms with Crippen molar-refractivity contribution in [1.29, 1.82) is 0 Å². The molecule has 11 nitrogen and oxygen atoms in total. The molecule has 0 amide bonds. The SMILES string of the molecule is CCCCC/C=C\C=C/[C@H](O)C/C=C\C/C=C/CCCC(=O)O[C@H](COC(=O)CCC/C=C\C/C=C\C/C=C\CCCCCCCC)COP(=O)(O)OC[C@@H](O)CO. The minimum Gasteiger partial charge on any atom is -0.462 e. The molecule has 0 aliphatic rings. The Kier molecular flexibility index (Phi) is 38.8. The molecule has 12 heteroatoms. The van der Waals surface area contributed by atoms with E-state index in [0.717, 1.165) is 25.7 Å². The number of hydrogen-bond acceptors (Lipinski definition) is 10. The van der Waals surface area contributed by atoms with Crippen LogP contribution < -0.4 is 0 Å². The topological polar surface area (TPSA) is 169 Å². The number of phosphoric ester groups is 1. The van der Waals surface area contributed by atoms with Crippen molar-refractivity contribution in [3.8, 4) is 0 Å². The van der Waals surface area contributed by atoms with Gasteiger partial charge in [0.25, 0.3) is 0 Å². The number of hydrogen-bond donors (Lipinski definition) is 4. The molecule has 0 bridgehead atoms. The molecule has 0 fully saturated rings. The van der Waals surface area contributed by atoms with E-state index < -0.39 is 57.9 Å². The number of aliphatic hydroxyl groups excluding tert-OH is 3. The average molecular weight is 837 g/mol. The van der Waals surface area contributed by atoms with Crippen molar-refractivity contribution in [2.75, 3.05) is 26.4 Å². The van der Waals surface area contributed by atoms with E-state index in [0.29, 0.717) is 38.5 Å². The predicted octanol–water partition coefficient (Wildman–Crippen LogP) is 10.4. The van der Waals surface area contributed by atoms with Crippen molar-refractivity contribution in [3.63, 3.8) is 0 Å². The number of ether oxygens (including phenoxy) is 2. The van der Waals surface area contributed by atoms with Gasteiger partial charge in [0.1, 0.15) is 12.7 Å². The van der Waals surface area contributed by atoms with E-state index in [9.17, 15) is 29.3 Å². The maximum atomic E-state index is 12.6. The highest BCUT2D eigenvalue weighted by Gasteiger charge is 2.27. The van der Waals surface area contributed by atoms with E-state index in [4.69, 9.17) is 19.1 Å². The Morgan fingerprint density at radius 2 is 1.09 bits per heavy atom. The van der Waals surface area contributed by atoms with Crippen molar-refractivity contribution in [2.24, 2.45) is 0 Å². The third-order valence-electron chi connectivity index (χ3n) is 8.60. The first-order valence-electron chi connectivity index (χ1n) is 21.7. The molecule has 0 aromatic heterocycles. The molecule has 4 N–H and O–H groups in total. The minimum atomic E-state index is -4.66. The predicted molar refractivity (Wildman–Crippen MR) is 234 cm³/mol. The minimum absolute atomic E-state index is 0.0592. The standard InChI is InChI=1S/C46H77O11P/c1-3-5-7-9-11-12-13-14-15-16-17-18-19-20-24-28-32-36-45(50)54-40-44(41-56-58(52,53)55-39-43(49)38-47)57-46(51)37-33-29-25-21-23-27-31-35-42(48)34-30-26-22-10-8-6-4-2/h14-15,17-18,20-22,24-27,30-31,34,42-44,47-49H,3-13,16,19,23,28-29,32-33,35-41H2,1-2H3,(H,52,53)/b15-14-,18-17-,24-20-,25-21+,26-22-,31-27-,34-30-/t42-,43-,44+/m0/s1. The third-order valence-corrected chi connectivity index (χ3v) is 9.55. The average Bonchev–Trinajstić information content (AvgIpc) is 3.21. The van der Waals surface area contributed by atoms with Crippen LogP contribution in [0.4, 0.5) is 0 Å². The zero-order valence-electron chi connectivity index (χ0n) is 35.6. The first-order chi connectivity index (χ1) is 28.1. The van der Waals surface area contributed by atoms with E-state index in [1.54, 1.807) is 6.08 Å². The molecule has 1 unspecified atom stereocenters. The second-order valence-corrected chi connectivity index (χ2v) is 15.7. The van der Waals surface area contributed by atoms with Crippen LogP contribution in [0, 0.1) is 0 Å². The fraction of sp³-hybridized carbons (Fsp3) is 0.652. The maximum Gasteiger partial charge on any atom is 0.472 e. The summed E-state index contributed by atoms with van der Waals surface area (Å²) in [7, 11) is -4.66. The van der Waals surface area contributed by atoms with Gasteiger partial charge < -0.3 is 29.7 Å². The van der Waals surface area contributed by atoms with E-state index in [2.05, 4.69) is 54.8 Å². The lowest BCUT2D eigenvalue weighted by atomic mass is 10.1. The molecular formula is C46H77O11P. The van der Waals surface area contributed by atoms with Crippen LogP contribution in [0.15, 0.2) is 85.1 Å². The quantitative estimate of drug-likeness (QED) is 0.0153. The Morgan fingerprint density at radius 3 is 1.72 bits per heavy atom. The van der Waals surface area contributed by atoms with Gasteiger partial charge in [-0.3, -0.25) is 18.6 Å². The van der Waals surface area contributed by atoms with Crippen molar-refractivity contribution in [2.45, 2.75) is 167 Å². The first-order valence-corrected chi connectivity index (χ1v) is 23.1. The molecule has 0 aromatic rings. The van der Waals surface area contributed by atoms with Crippen molar-refractivity contribution in [1.82, 2.24) is 0 Å². The molecule has 0 aliphatic carbocycles. The number of rotatable bonds is 39. The molecule has 0 heterocycles. The summed E-state index contributed by atoms with van der Waals surface area (Å²) in [6, 6.07) is 0. The summed E-state index contributed by atoms with van der Waals surface area (Å²) < 4.78 is 32.5. The van der Waals surface area contributed by atoms with Gasteiger partial charge in [0.05, 0.1) is 25.9 Å². The van der Waals surface area contributed by atoms with E-state index >= 15 is 0 Å². The highest BCUT2D eigenvalue weighted by atomic mass is 31.2. The van der Waals surface area contributed by atoms with Gasteiger partial charge in [-0.15, -0.1) is 0 Å². The lowest BCUT2D eigenvalue weighted by Crippen LogP contribution is -2.29. The zero-order valence-corrected chi connectivity index (χ0v) is 36.5. The van der Waals surface area contributed by atoms with Gasteiger partial charge in [-0.2, -0.15) is 0 Å². The number of carbonyl (C=O) groups excluding carboxylic acids is 2. The second-order valence-electron chi connectivity index (χ2n) is 14.2. The van der Waals surface area contributed by atoms with Crippen LogP contribution in [0.5, 0.6) is 0 Å². The van der Waals surface area contributed by atoms with E-state index in [1.165, 1.54) is 57.8 Å². The molecule has 4 atom stereocenters. The normalized spacial score (nSPS) is 15.2. The van der Waals surface area contributed by atoms with Gasteiger partial charge in [0.2, 0.25) is 0 Å². The monoisotopic (exact) mass is 837 g/mol. The van der Waals surface area contributed by atoms with Crippen LogP contribution in [-0.2, 0) is 32.7 Å². The number of esters is 2. The molecule has 0 radical (unpaired) electrons. The van der Waals surface area contributed by atoms with E-state index in [-0.39, 0.29) is 19.4 Å². The molecule has 58 heavy (non-hydrogen) atoms. The molecule has 332 valence electrons. The van der Waals surface area contributed by atoms with Crippen LogP contribution in [0.1, 0.15) is 149 Å². The fourth-order valence-corrected chi connectivity index (χ4v) is 5.99. The number of allylic oxidation sites excluding steroid dienone is 12. The Balaban J connectivity index is 4.56.